The van der Waals surface area contributed by atoms with E-state index in [0.717, 1.165) is 15.7 Å². The van der Waals surface area contributed by atoms with E-state index >= 15 is 0 Å². The molecule has 0 aliphatic carbocycles. The second-order valence-electron chi connectivity index (χ2n) is 14.2. The summed E-state index contributed by atoms with van der Waals surface area (Å²) < 4.78 is 34.8. The number of H-pyrrole nitrogens is 1. The Labute approximate surface area is 348 Å². The van der Waals surface area contributed by atoms with Crippen molar-refractivity contribution >= 4 is 35.1 Å². The summed E-state index contributed by atoms with van der Waals surface area (Å²) in [4.78, 5) is 81.5. The standard InChI is InChI=1S/C41H58N6O13/c1-24(13-14-29-34(56-8)27(4)26(3)32(39(52)57-9)35(29)60-23-58-20-19-55-7)21-28(38(50)51)22-25(2)15-18-59-40(53)43-17-16-42-31(48)12-10-11-30-44-33-36(45-30)46(5)41(54)47(6)37(33)49/h13,15,28H,10-12,14,16-23H2,1-9H3,(H,42,48)(H,43,53)(H,44,45)(H,50,51)/b24-13+,25-15+. The first kappa shape index (κ1) is 48.4. The van der Waals surface area contributed by atoms with Crippen molar-refractivity contribution in [2.45, 2.75) is 66.2 Å². The van der Waals surface area contributed by atoms with E-state index in [2.05, 4.69) is 20.6 Å². The Morgan fingerprint density at radius 3 is 2.25 bits per heavy atom. The normalized spacial score (nSPS) is 12.3. The zero-order chi connectivity index (χ0) is 44.5. The summed E-state index contributed by atoms with van der Waals surface area (Å²) >= 11 is 0. The summed E-state index contributed by atoms with van der Waals surface area (Å²) in [6, 6.07) is 0. The zero-order valence-electron chi connectivity index (χ0n) is 35.9. The number of aryl methyl sites for hydroxylation is 2. The lowest BCUT2D eigenvalue weighted by atomic mass is 9.91. The first-order valence-electron chi connectivity index (χ1n) is 19.4. The smallest absolute Gasteiger partial charge is 0.407 e. The molecule has 3 rings (SSSR count). The number of carboxylic acids is 1. The third-order valence-corrected chi connectivity index (χ3v) is 9.84. The number of carbonyl (C=O) groups is 4. The van der Waals surface area contributed by atoms with Crippen LogP contribution in [-0.4, -0.2) is 109 Å². The van der Waals surface area contributed by atoms with Crippen molar-refractivity contribution in [3.05, 3.63) is 72.2 Å². The van der Waals surface area contributed by atoms with Crippen LogP contribution >= 0.6 is 0 Å². The number of ether oxygens (including phenoxy) is 6. The molecule has 2 amide bonds. The summed E-state index contributed by atoms with van der Waals surface area (Å²) in [6.45, 7) is 7.88. The molecule has 2 heterocycles. The minimum Gasteiger partial charge on any atom is -0.496 e. The number of aromatic amines is 1. The molecule has 0 fully saturated rings. The van der Waals surface area contributed by atoms with Crippen molar-refractivity contribution < 1.29 is 52.7 Å². The van der Waals surface area contributed by atoms with Gasteiger partial charge in [0.15, 0.2) is 12.3 Å². The molecule has 19 heteroatoms. The highest BCUT2D eigenvalue weighted by molar-refractivity contribution is 5.96. The van der Waals surface area contributed by atoms with Crippen molar-refractivity contribution in [3.8, 4) is 11.5 Å². The Bertz CT molecular complexity index is 2180. The first-order chi connectivity index (χ1) is 28.6. The van der Waals surface area contributed by atoms with E-state index in [0.29, 0.717) is 53.4 Å². The molecule has 0 bridgehead atoms. The van der Waals surface area contributed by atoms with Gasteiger partial charge in [-0.25, -0.2) is 19.4 Å². The summed E-state index contributed by atoms with van der Waals surface area (Å²) in [7, 11) is 7.29. The number of alkyl carbamates (subject to hydrolysis) is 1. The number of amides is 2. The third-order valence-electron chi connectivity index (χ3n) is 9.84. The fourth-order valence-corrected chi connectivity index (χ4v) is 6.42. The quantitative estimate of drug-likeness (QED) is 0.0439. The number of esters is 1. The van der Waals surface area contributed by atoms with E-state index in [1.54, 1.807) is 27.0 Å². The number of imidazole rings is 1. The highest BCUT2D eigenvalue weighted by atomic mass is 16.7. The molecule has 0 radical (unpaired) electrons. The van der Waals surface area contributed by atoms with Crippen molar-refractivity contribution in [1.82, 2.24) is 29.7 Å². The van der Waals surface area contributed by atoms with Gasteiger partial charge in [0.25, 0.3) is 5.56 Å². The number of fused-ring (bicyclic) bond motifs is 1. The SMILES string of the molecule is COCCOCOc1c(C/C=C(\C)CC(C/C(C)=C/COC(=O)NCCNC(=O)CCCc2nc3c(=O)n(C)c(=O)n(C)c3[nH]2)C(=O)O)c(OC)c(C)c(C)c1C(=O)OC. The van der Waals surface area contributed by atoms with Crippen molar-refractivity contribution in [1.29, 1.82) is 0 Å². The Kier molecular flexibility index (Phi) is 19.0. The molecule has 0 aliphatic heterocycles. The lowest BCUT2D eigenvalue weighted by Crippen LogP contribution is -2.36. The maximum absolute atomic E-state index is 12.9. The van der Waals surface area contributed by atoms with Crippen LogP contribution in [0.25, 0.3) is 11.2 Å². The number of rotatable bonds is 24. The minimum atomic E-state index is -0.986. The van der Waals surface area contributed by atoms with Crippen LogP contribution in [0.2, 0.25) is 0 Å². The van der Waals surface area contributed by atoms with Crippen LogP contribution in [0, 0.1) is 19.8 Å². The average molecular weight is 843 g/mol. The van der Waals surface area contributed by atoms with Crippen molar-refractivity contribution in [2.75, 3.05) is 61.0 Å². The van der Waals surface area contributed by atoms with E-state index < -0.39 is 35.2 Å². The molecule has 330 valence electrons. The summed E-state index contributed by atoms with van der Waals surface area (Å²) in [5, 5.41) is 15.3. The molecule has 0 saturated heterocycles. The van der Waals surface area contributed by atoms with Gasteiger partial charge < -0.3 is 49.1 Å². The number of nitrogens with zero attached hydrogens (tertiary/aromatic N) is 3. The topological polar surface area (TPSA) is 241 Å². The van der Waals surface area contributed by atoms with Crippen LogP contribution in [0.15, 0.2) is 32.9 Å². The summed E-state index contributed by atoms with van der Waals surface area (Å²) in [6.07, 6.45) is 4.50. The maximum atomic E-state index is 12.9. The molecule has 0 aliphatic rings. The van der Waals surface area contributed by atoms with Gasteiger partial charge in [-0.15, -0.1) is 0 Å². The van der Waals surface area contributed by atoms with Gasteiger partial charge in [-0.1, -0.05) is 17.2 Å². The van der Waals surface area contributed by atoms with Gasteiger partial charge in [-0.05, 0) is 70.6 Å². The zero-order valence-corrected chi connectivity index (χ0v) is 35.9. The van der Waals surface area contributed by atoms with E-state index in [-0.39, 0.29) is 81.5 Å². The molecule has 60 heavy (non-hydrogen) atoms. The molecule has 0 saturated carbocycles. The monoisotopic (exact) mass is 842 g/mol. The average Bonchev–Trinajstić information content (AvgIpc) is 3.65. The second kappa shape index (κ2) is 23.6. The van der Waals surface area contributed by atoms with Crippen LogP contribution < -0.4 is 31.4 Å². The Morgan fingerprint density at radius 1 is 0.917 bits per heavy atom. The van der Waals surface area contributed by atoms with E-state index in [1.807, 2.05) is 19.9 Å². The lowest BCUT2D eigenvalue weighted by molar-refractivity contribution is -0.141. The van der Waals surface area contributed by atoms with Crippen LogP contribution in [0.3, 0.4) is 0 Å². The first-order valence-corrected chi connectivity index (χ1v) is 19.4. The molecular formula is C41H58N6O13. The maximum Gasteiger partial charge on any atom is 0.407 e. The molecule has 1 atom stereocenters. The predicted octanol–water partition coefficient (Wildman–Crippen LogP) is 3.15. The molecular weight excluding hydrogens is 784 g/mol. The van der Waals surface area contributed by atoms with Gasteiger partial charge in [-0.3, -0.25) is 23.5 Å². The Balaban J connectivity index is 1.48. The molecule has 1 aromatic carbocycles. The number of nitrogens with one attached hydrogen (secondary N) is 3. The van der Waals surface area contributed by atoms with Crippen LogP contribution in [0.4, 0.5) is 4.79 Å². The summed E-state index contributed by atoms with van der Waals surface area (Å²) in [5.74, 6) is -1.31. The largest absolute Gasteiger partial charge is 0.496 e. The number of carbonyl (C=O) groups excluding carboxylic acids is 3. The molecule has 2 aromatic heterocycles. The lowest BCUT2D eigenvalue weighted by Gasteiger charge is -2.22. The fraction of sp³-hybridized carbons (Fsp3) is 0.537. The number of hydrogen-bond acceptors (Lipinski definition) is 13. The number of aliphatic carboxylic acids is 1. The van der Waals surface area contributed by atoms with Gasteiger partial charge in [0.2, 0.25) is 5.91 Å². The third kappa shape index (κ3) is 13.3. The molecule has 4 N–H and O–H groups in total. The molecule has 0 spiro atoms. The number of carboxylic acid groups (broad SMARTS) is 1. The molecule has 3 aromatic rings. The number of allylic oxidation sites excluding steroid dienone is 3. The van der Waals surface area contributed by atoms with Crippen LogP contribution in [-0.2, 0) is 55.5 Å². The van der Waals surface area contributed by atoms with Crippen LogP contribution in [0.5, 0.6) is 11.5 Å². The predicted molar refractivity (Wildman–Crippen MR) is 221 cm³/mol. The fourth-order valence-electron chi connectivity index (χ4n) is 6.42. The summed E-state index contributed by atoms with van der Waals surface area (Å²) in [5.41, 5.74) is 3.20. The van der Waals surface area contributed by atoms with E-state index in [1.165, 1.54) is 32.9 Å². The molecule has 19 nitrogen and oxygen atoms in total. The Hall–Kier alpha value is -5.95. The number of aromatic nitrogens is 4. The van der Waals surface area contributed by atoms with E-state index in [4.69, 9.17) is 28.4 Å². The van der Waals surface area contributed by atoms with Crippen LogP contribution in [0.1, 0.15) is 72.4 Å². The number of benzene rings is 1. The van der Waals surface area contributed by atoms with Gasteiger partial charge in [0, 0.05) is 52.7 Å². The highest BCUT2D eigenvalue weighted by Crippen LogP contribution is 2.40. The minimum absolute atomic E-state index is 0.0830. The van der Waals surface area contributed by atoms with Gasteiger partial charge in [0.05, 0.1) is 33.4 Å². The highest BCUT2D eigenvalue weighted by Gasteiger charge is 2.27. The van der Waals surface area contributed by atoms with Gasteiger partial charge >= 0.3 is 23.7 Å². The molecule has 1 unspecified atom stereocenters. The second-order valence-corrected chi connectivity index (χ2v) is 14.2. The van der Waals surface area contributed by atoms with Gasteiger partial charge in [-0.2, -0.15) is 0 Å². The van der Waals surface area contributed by atoms with Crippen molar-refractivity contribution in [3.63, 3.8) is 0 Å². The van der Waals surface area contributed by atoms with Gasteiger partial charge in [0.1, 0.15) is 35.1 Å². The van der Waals surface area contributed by atoms with E-state index in [9.17, 15) is 33.9 Å². The number of methoxy groups -OCH3 is 3. The Morgan fingerprint density at radius 2 is 1.60 bits per heavy atom. The van der Waals surface area contributed by atoms with Crippen molar-refractivity contribution in [2.24, 2.45) is 20.0 Å². The number of hydrogen-bond donors (Lipinski definition) is 4.